The normalized spacial score (nSPS) is 22.4. The lowest BCUT2D eigenvalue weighted by molar-refractivity contribution is -0.126. The Morgan fingerprint density at radius 1 is 1.33 bits per heavy atom. The molecule has 48 heavy (non-hydrogen) atoms. The number of likely N-dealkylation sites (tertiary alicyclic amines) is 2. The number of hydrogen-bond acceptors (Lipinski definition) is 10. The Labute approximate surface area is 277 Å². The Hall–Kier alpha value is -4.61. The van der Waals surface area contributed by atoms with E-state index in [1.165, 1.54) is 29.3 Å². The highest BCUT2D eigenvalue weighted by atomic mass is 19.1. The van der Waals surface area contributed by atoms with Gasteiger partial charge < -0.3 is 29.3 Å². The quantitative estimate of drug-likeness (QED) is 0.255. The molecule has 0 aliphatic carbocycles. The Kier molecular flexibility index (Phi) is 9.35. The maximum atomic E-state index is 16.8. The molecule has 11 nitrogen and oxygen atoms in total. The molecule has 2 fully saturated rings. The van der Waals surface area contributed by atoms with Crippen LogP contribution in [0.5, 0.6) is 11.8 Å². The van der Waals surface area contributed by atoms with Gasteiger partial charge in [-0.25, -0.2) is 18.2 Å². The van der Waals surface area contributed by atoms with Crippen molar-refractivity contribution in [3.8, 4) is 24.1 Å². The third-order valence-corrected chi connectivity index (χ3v) is 9.36. The molecule has 0 radical (unpaired) electrons. The second-order valence-electron chi connectivity index (χ2n) is 12.6. The van der Waals surface area contributed by atoms with Crippen LogP contribution in [0.25, 0.3) is 10.9 Å². The second-order valence-corrected chi connectivity index (χ2v) is 12.6. The summed E-state index contributed by atoms with van der Waals surface area (Å²) in [6, 6.07) is 2.36. The van der Waals surface area contributed by atoms with E-state index in [2.05, 4.69) is 27.5 Å². The molecule has 1 N–H and O–H groups in total. The zero-order valence-electron chi connectivity index (χ0n) is 27.0. The van der Waals surface area contributed by atoms with Crippen LogP contribution in [-0.2, 0) is 4.79 Å². The Morgan fingerprint density at radius 3 is 2.90 bits per heavy atom. The SMILES string of the molecule is C#Cc1c(F)ccc2c1N(c1ncc3c(N(C)C[C@@H]4CCCN4C(=O)C=C)nc(OC[C@]4(C)C[C@@H](F)CN4CCO)nc3c1F)CCO2. The number of aliphatic hydroxyl groups is 1. The van der Waals surface area contributed by atoms with Gasteiger partial charge in [-0.3, -0.25) is 9.69 Å². The van der Waals surface area contributed by atoms with Crippen molar-refractivity contribution in [1.29, 1.82) is 0 Å². The number of carbonyl (C=O) groups excluding carboxylic acids is 1. The van der Waals surface area contributed by atoms with Crippen LogP contribution in [0.1, 0.15) is 31.7 Å². The third-order valence-electron chi connectivity index (χ3n) is 9.36. The number of ether oxygens (including phenoxy) is 2. The first-order valence-corrected chi connectivity index (χ1v) is 15.9. The number of terminal acetylenes is 1. The average molecular weight is 666 g/mol. The molecular weight excluding hydrogens is 627 g/mol. The van der Waals surface area contributed by atoms with E-state index in [0.717, 1.165) is 12.8 Å². The van der Waals surface area contributed by atoms with Crippen LogP contribution < -0.4 is 19.3 Å². The maximum absolute atomic E-state index is 16.8. The first kappa shape index (κ1) is 33.3. The van der Waals surface area contributed by atoms with E-state index < -0.39 is 23.3 Å². The minimum atomic E-state index is -1.10. The number of carbonyl (C=O) groups is 1. The van der Waals surface area contributed by atoms with E-state index >= 15 is 4.39 Å². The number of likely N-dealkylation sites (N-methyl/N-ethyl adjacent to an activating group) is 1. The van der Waals surface area contributed by atoms with Crippen LogP contribution in [0.3, 0.4) is 0 Å². The maximum Gasteiger partial charge on any atom is 0.319 e. The lowest BCUT2D eigenvalue weighted by Crippen LogP contribution is -2.47. The standard InChI is InChI=1S/C34H38F3N7O4/c1-5-23-25(36)9-10-26-30(23)44(13-15-47-26)32-28(37)29-24(17-38-32)31(41(4)19-22-8-7-11-43(22)27(46)6-2)40-33(39-29)48-20-34(3)16-21(35)18-42(34)12-14-45/h1,6,9-10,17,21-22,45H,2,7-8,11-16,18-20H2,3-4H3/t21-,22+,34+/m1/s1. The Balaban J connectivity index is 1.42. The molecule has 0 spiro atoms. The molecule has 3 aliphatic rings. The largest absolute Gasteiger partial charge is 0.489 e. The molecule has 3 aliphatic heterocycles. The number of aliphatic hydroxyl groups excluding tert-OH is 1. The van der Waals surface area contributed by atoms with Crippen molar-refractivity contribution in [3.05, 3.63) is 48.2 Å². The van der Waals surface area contributed by atoms with E-state index in [4.69, 9.17) is 15.9 Å². The number of benzene rings is 1. The zero-order chi connectivity index (χ0) is 34.2. The van der Waals surface area contributed by atoms with E-state index in [1.54, 1.807) is 16.8 Å². The lowest BCUT2D eigenvalue weighted by Gasteiger charge is -2.34. The minimum absolute atomic E-state index is 0.0203. The van der Waals surface area contributed by atoms with Gasteiger partial charge in [-0.1, -0.05) is 12.5 Å². The number of rotatable bonds is 10. The van der Waals surface area contributed by atoms with Gasteiger partial charge in [-0.2, -0.15) is 9.97 Å². The van der Waals surface area contributed by atoms with Gasteiger partial charge in [0.25, 0.3) is 0 Å². The van der Waals surface area contributed by atoms with Gasteiger partial charge >= 0.3 is 6.01 Å². The fourth-order valence-electron chi connectivity index (χ4n) is 7.01. The summed E-state index contributed by atoms with van der Waals surface area (Å²) in [6.45, 7) is 6.99. The van der Waals surface area contributed by atoms with Crippen LogP contribution in [0.15, 0.2) is 31.0 Å². The van der Waals surface area contributed by atoms with Gasteiger partial charge in [0.05, 0.1) is 29.6 Å². The molecule has 2 aromatic heterocycles. The summed E-state index contributed by atoms with van der Waals surface area (Å²) in [5.41, 5.74) is -0.767. The van der Waals surface area contributed by atoms with E-state index in [9.17, 15) is 18.7 Å². The molecule has 0 saturated carbocycles. The molecule has 2 saturated heterocycles. The smallest absolute Gasteiger partial charge is 0.319 e. The number of halogens is 3. The van der Waals surface area contributed by atoms with Crippen molar-refractivity contribution < 1.29 is 32.5 Å². The summed E-state index contributed by atoms with van der Waals surface area (Å²) in [4.78, 5) is 33.0. The van der Waals surface area contributed by atoms with Gasteiger partial charge in [0.15, 0.2) is 11.6 Å². The molecule has 5 heterocycles. The molecule has 0 unspecified atom stereocenters. The molecule has 1 aromatic carbocycles. The molecule has 1 amide bonds. The van der Waals surface area contributed by atoms with Crippen LogP contribution in [-0.4, -0.2) is 113 Å². The third kappa shape index (κ3) is 6.08. The molecule has 0 bridgehead atoms. The molecule has 14 heteroatoms. The van der Waals surface area contributed by atoms with Crippen LogP contribution in [0, 0.1) is 24.0 Å². The number of hydrogen-bond donors (Lipinski definition) is 1. The molecule has 3 atom stereocenters. The molecule has 254 valence electrons. The number of β-amino-alcohol motifs (C(OH)–C–C–N with tert-alkyl or cyclic N) is 1. The van der Waals surface area contributed by atoms with E-state index in [1.807, 2.05) is 11.8 Å². The summed E-state index contributed by atoms with van der Waals surface area (Å²) in [5.74, 6) is 1.19. The number of amides is 1. The number of fused-ring (bicyclic) bond motifs is 2. The van der Waals surface area contributed by atoms with Crippen LogP contribution >= 0.6 is 0 Å². The minimum Gasteiger partial charge on any atom is -0.489 e. The number of aromatic nitrogens is 3. The monoisotopic (exact) mass is 665 g/mol. The van der Waals surface area contributed by atoms with Gasteiger partial charge in [0.1, 0.15) is 48.0 Å². The Morgan fingerprint density at radius 2 is 2.15 bits per heavy atom. The topological polar surface area (TPSA) is 107 Å². The highest BCUT2D eigenvalue weighted by molar-refractivity contribution is 5.92. The first-order valence-electron chi connectivity index (χ1n) is 15.9. The first-order chi connectivity index (χ1) is 23.1. The second kappa shape index (κ2) is 13.5. The number of pyridine rings is 1. The summed E-state index contributed by atoms with van der Waals surface area (Å²) in [6.07, 6.45) is 9.06. The van der Waals surface area contributed by atoms with E-state index in [-0.39, 0.29) is 91.8 Å². The summed E-state index contributed by atoms with van der Waals surface area (Å²) in [7, 11) is 1.78. The van der Waals surface area contributed by atoms with Crippen molar-refractivity contribution in [3.63, 3.8) is 0 Å². The van der Waals surface area contributed by atoms with Crippen LogP contribution in [0.4, 0.5) is 30.5 Å². The highest BCUT2D eigenvalue weighted by Gasteiger charge is 2.43. The van der Waals surface area contributed by atoms with Gasteiger partial charge in [0.2, 0.25) is 5.91 Å². The van der Waals surface area contributed by atoms with Crippen molar-refractivity contribution in [2.45, 2.75) is 43.9 Å². The van der Waals surface area contributed by atoms with Crippen molar-refractivity contribution in [1.82, 2.24) is 24.8 Å². The van der Waals surface area contributed by atoms with Crippen molar-refractivity contribution in [2.24, 2.45) is 0 Å². The number of nitrogens with zero attached hydrogens (tertiary/aromatic N) is 7. The van der Waals surface area contributed by atoms with E-state index in [0.29, 0.717) is 24.7 Å². The van der Waals surface area contributed by atoms with Crippen molar-refractivity contribution >= 4 is 34.1 Å². The Bertz CT molecular complexity index is 1770. The zero-order valence-corrected chi connectivity index (χ0v) is 27.0. The molecule has 3 aromatic rings. The van der Waals surface area contributed by atoms with Gasteiger partial charge in [-0.05, 0) is 38.0 Å². The number of anilines is 3. The highest BCUT2D eigenvalue weighted by Crippen LogP contribution is 2.42. The average Bonchev–Trinajstić information content (AvgIpc) is 3.66. The van der Waals surface area contributed by atoms with Crippen molar-refractivity contribution in [2.75, 3.05) is 69.4 Å². The predicted octanol–water partition coefficient (Wildman–Crippen LogP) is 3.60. The summed E-state index contributed by atoms with van der Waals surface area (Å²) >= 11 is 0. The molecule has 6 rings (SSSR count). The fraction of sp³-hybridized carbons (Fsp3) is 0.471. The summed E-state index contributed by atoms with van der Waals surface area (Å²) < 4.78 is 57.8. The fourth-order valence-corrected chi connectivity index (χ4v) is 7.01. The lowest BCUT2D eigenvalue weighted by atomic mass is 10.00. The van der Waals surface area contributed by atoms with Gasteiger partial charge in [0, 0.05) is 51.9 Å². The number of alkyl halides is 1. The predicted molar refractivity (Wildman–Crippen MR) is 174 cm³/mol. The molecular formula is C34H38F3N7O4. The summed E-state index contributed by atoms with van der Waals surface area (Å²) in [5, 5.41) is 9.83. The van der Waals surface area contributed by atoms with Crippen LogP contribution in [0.2, 0.25) is 0 Å². The van der Waals surface area contributed by atoms with Gasteiger partial charge in [-0.15, -0.1) is 6.42 Å².